The zero-order chi connectivity index (χ0) is 22.9. The van der Waals surface area contributed by atoms with Crippen molar-refractivity contribution in [2.45, 2.75) is 19.4 Å². The summed E-state index contributed by atoms with van der Waals surface area (Å²) in [5.74, 6) is 1.38. The monoisotopic (exact) mass is 485 g/mol. The maximum absolute atomic E-state index is 13.3. The Balaban J connectivity index is 1.20. The van der Waals surface area contributed by atoms with Crippen LogP contribution in [0.2, 0.25) is 10.0 Å². The zero-order valence-electron chi connectivity index (χ0n) is 18.9. The number of fused-ring (bicyclic) bond motifs is 1. The summed E-state index contributed by atoms with van der Waals surface area (Å²) >= 11 is 12.5. The van der Waals surface area contributed by atoms with Gasteiger partial charge in [0.15, 0.2) is 0 Å². The highest BCUT2D eigenvalue weighted by atomic mass is 35.5. The van der Waals surface area contributed by atoms with Gasteiger partial charge < -0.3 is 14.4 Å². The summed E-state index contributed by atoms with van der Waals surface area (Å²) in [5.41, 5.74) is 3.12. The van der Waals surface area contributed by atoms with Gasteiger partial charge in [-0.3, -0.25) is 9.69 Å². The van der Waals surface area contributed by atoms with Crippen molar-refractivity contribution in [1.82, 2.24) is 19.4 Å². The second-order valence-electron chi connectivity index (χ2n) is 9.06. The number of para-hydroxylation sites is 2. The van der Waals surface area contributed by atoms with E-state index in [2.05, 4.69) is 33.5 Å². The van der Waals surface area contributed by atoms with E-state index >= 15 is 0 Å². The minimum absolute atomic E-state index is 0.0507. The number of aromatic nitrogens is 2. The highest BCUT2D eigenvalue weighted by molar-refractivity contribution is 6.35. The van der Waals surface area contributed by atoms with E-state index in [0.717, 1.165) is 68.1 Å². The van der Waals surface area contributed by atoms with Crippen LogP contribution in [0.15, 0.2) is 42.5 Å². The molecule has 2 saturated heterocycles. The first-order valence-corrected chi connectivity index (χ1v) is 12.4. The minimum atomic E-state index is 0.0507. The molecule has 174 valence electrons. The molecule has 2 aromatic carbocycles. The number of imidazole rings is 1. The summed E-state index contributed by atoms with van der Waals surface area (Å²) in [4.78, 5) is 24.8. The van der Waals surface area contributed by atoms with E-state index in [1.165, 1.54) is 0 Å². The lowest BCUT2D eigenvalue weighted by Crippen LogP contribution is -2.52. The Bertz CT molecular complexity index is 1150. The van der Waals surface area contributed by atoms with Crippen LogP contribution in [0.4, 0.5) is 5.69 Å². The zero-order valence-corrected chi connectivity index (χ0v) is 20.4. The van der Waals surface area contributed by atoms with E-state index in [1.807, 2.05) is 29.2 Å². The first-order valence-electron chi connectivity index (χ1n) is 11.6. The van der Waals surface area contributed by atoms with Crippen molar-refractivity contribution in [3.63, 3.8) is 0 Å². The van der Waals surface area contributed by atoms with Crippen LogP contribution < -0.4 is 4.90 Å². The Morgan fingerprint density at radius 1 is 1.06 bits per heavy atom. The summed E-state index contributed by atoms with van der Waals surface area (Å²) in [6.45, 7) is 5.53. The van der Waals surface area contributed by atoms with Crippen LogP contribution in [-0.4, -0.2) is 64.5 Å². The molecule has 0 unspecified atom stereocenters. The summed E-state index contributed by atoms with van der Waals surface area (Å²) in [5, 5.41) is 1.37. The second kappa shape index (κ2) is 9.53. The number of rotatable bonds is 4. The summed E-state index contributed by atoms with van der Waals surface area (Å²) < 4.78 is 2.17. The van der Waals surface area contributed by atoms with Crippen molar-refractivity contribution < 1.29 is 4.79 Å². The van der Waals surface area contributed by atoms with Gasteiger partial charge in [-0.25, -0.2) is 4.98 Å². The number of piperidine rings is 1. The molecule has 2 fully saturated rings. The van der Waals surface area contributed by atoms with Crippen molar-refractivity contribution in [2.75, 3.05) is 44.2 Å². The predicted molar refractivity (Wildman–Crippen MR) is 134 cm³/mol. The normalized spacial score (nSPS) is 19.9. The highest BCUT2D eigenvalue weighted by Gasteiger charge is 2.31. The molecule has 6 nitrogen and oxygen atoms in total. The summed E-state index contributed by atoms with van der Waals surface area (Å²) in [6, 6.07) is 13.8. The number of amides is 1. The number of hydrogen-bond acceptors (Lipinski definition) is 4. The molecule has 0 saturated carbocycles. The molecule has 1 amide bonds. The Labute approximate surface area is 204 Å². The standard InChI is InChI=1S/C25H29Cl2N5O/c1-29-22-7-3-2-6-21(22)28-24(29)17-30-10-4-5-18(16-30)25(33)32-13-11-31(12-14-32)23-15-19(26)8-9-20(23)27/h2-3,6-9,15,18H,4-5,10-14,16-17H2,1H3/t18-/m0/s1. The fourth-order valence-electron chi connectivity index (χ4n) is 5.09. The third-order valence-corrected chi connectivity index (χ3v) is 7.49. The Hall–Kier alpha value is -2.28. The lowest BCUT2D eigenvalue weighted by atomic mass is 9.96. The van der Waals surface area contributed by atoms with Crippen molar-refractivity contribution in [3.8, 4) is 0 Å². The number of nitrogens with zero attached hydrogens (tertiary/aromatic N) is 5. The van der Waals surface area contributed by atoms with Gasteiger partial charge in [0.2, 0.25) is 5.91 Å². The quantitative estimate of drug-likeness (QED) is 0.547. The van der Waals surface area contributed by atoms with Crippen LogP contribution in [0.25, 0.3) is 11.0 Å². The van der Waals surface area contributed by atoms with E-state index < -0.39 is 0 Å². The molecule has 3 aromatic rings. The van der Waals surface area contributed by atoms with E-state index in [4.69, 9.17) is 28.2 Å². The molecule has 5 rings (SSSR count). The van der Waals surface area contributed by atoms with Crippen molar-refractivity contribution in [2.24, 2.45) is 13.0 Å². The SMILES string of the molecule is Cn1c(CN2CCC[C@H](C(=O)N3CCN(c4cc(Cl)ccc4Cl)CC3)C2)nc2ccccc21. The smallest absolute Gasteiger partial charge is 0.227 e. The number of halogens is 2. The fraction of sp³-hybridized carbons (Fsp3) is 0.440. The molecule has 0 bridgehead atoms. The van der Waals surface area contributed by atoms with Crippen LogP contribution in [-0.2, 0) is 18.4 Å². The van der Waals surface area contributed by atoms with E-state index in [1.54, 1.807) is 6.07 Å². The molecule has 0 aliphatic carbocycles. The Morgan fingerprint density at radius 2 is 1.85 bits per heavy atom. The predicted octanol–water partition coefficient (Wildman–Crippen LogP) is 4.44. The number of benzene rings is 2. The maximum Gasteiger partial charge on any atom is 0.227 e. The fourth-order valence-corrected chi connectivity index (χ4v) is 5.50. The van der Waals surface area contributed by atoms with Crippen LogP contribution in [0.1, 0.15) is 18.7 Å². The van der Waals surface area contributed by atoms with Crippen LogP contribution >= 0.6 is 23.2 Å². The Kier molecular flexibility index (Phi) is 6.50. The molecule has 0 radical (unpaired) electrons. The van der Waals surface area contributed by atoms with Gasteiger partial charge >= 0.3 is 0 Å². The molecule has 33 heavy (non-hydrogen) atoms. The molecule has 0 N–H and O–H groups in total. The van der Waals surface area contributed by atoms with Crippen LogP contribution in [0.3, 0.4) is 0 Å². The van der Waals surface area contributed by atoms with Gasteiger partial charge in [0, 0.05) is 44.8 Å². The first kappa shape index (κ1) is 22.5. The largest absolute Gasteiger partial charge is 0.367 e. The Morgan fingerprint density at radius 3 is 2.64 bits per heavy atom. The summed E-state index contributed by atoms with van der Waals surface area (Å²) in [7, 11) is 2.07. The van der Waals surface area contributed by atoms with Gasteiger partial charge in [0.05, 0.1) is 34.2 Å². The third kappa shape index (κ3) is 4.70. The molecular weight excluding hydrogens is 457 g/mol. The lowest BCUT2D eigenvalue weighted by molar-refractivity contribution is -0.137. The molecule has 3 heterocycles. The van der Waals surface area contributed by atoms with Crippen molar-refractivity contribution >= 4 is 45.8 Å². The van der Waals surface area contributed by atoms with Crippen molar-refractivity contribution in [1.29, 1.82) is 0 Å². The maximum atomic E-state index is 13.3. The third-order valence-electron chi connectivity index (χ3n) is 6.94. The van der Waals surface area contributed by atoms with Crippen LogP contribution in [0, 0.1) is 5.92 Å². The van der Waals surface area contributed by atoms with E-state index in [9.17, 15) is 4.79 Å². The van der Waals surface area contributed by atoms with Gasteiger partial charge in [-0.1, -0.05) is 35.3 Å². The average molecular weight is 486 g/mol. The first-order chi connectivity index (χ1) is 16.0. The summed E-state index contributed by atoms with van der Waals surface area (Å²) in [6.07, 6.45) is 2.00. The molecule has 2 aliphatic heterocycles. The molecule has 1 aromatic heterocycles. The molecular formula is C25H29Cl2N5O. The van der Waals surface area contributed by atoms with Crippen molar-refractivity contribution in [3.05, 3.63) is 58.3 Å². The number of aryl methyl sites for hydroxylation is 1. The van der Waals surface area contributed by atoms with Gasteiger partial charge in [-0.05, 0) is 49.7 Å². The van der Waals surface area contributed by atoms with E-state index in [0.29, 0.717) is 23.1 Å². The number of piperazine rings is 1. The molecule has 2 aliphatic rings. The second-order valence-corrected chi connectivity index (χ2v) is 9.90. The molecule has 1 atom stereocenters. The number of anilines is 1. The van der Waals surface area contributed by atoms with E-state index in [-0.39, 0.29) is 11.8 Å². The highest BCUT2D eigenvalue weighted by Crippen LogP contribution is 2.30. The number of carbonyl (C=O) groups is 1. The van der Waals surface area contributed by atoms with Gasteiger partial charge in [-0.2, -0.15) is 0 Å². The molecule has 0 spiro atoms. The number of likely N-dealkylation sites (tertiary alicyclic amines) is 1. The lowest BCUT2D eigenvalue weighted by Gasteiger charge is -2.40. The minimum Gasteiger partial charge on any atom is -0.367 e. The van der Waals surface area contributed by atoms with Crippen LogP contribution in [0.5, 0.6) is 0 Å². The topological polar surface area (TPSA) is 44.6 Å². The van der Waals surface area contributed by atoms with Gasteiger partial charge in [0.25, 0.3) is 0 Å². The average Bonchev–Trinajstić information content (AvgIpc) is 3.15. The van der Waals surface area contributed by atoms with Gasteiger partial charge in [-0.15, -0.1) is 0 Å². The number of hydrogen-bond donors (Lipinski definition) is 0. The van der Waals surface area contributed by atoms with Gasteiger partial charge in [0.1, 0.15) is 5.82 Å². The molecule has 8 heteroatoms. The number of carbonyl (C=O) groups excluding carboxylic acids is 1.